The number of hydrogen-bond donors (Lipinski definition) is 4. The number of para-hydroxylation sites is 1. The van der Waals surface area contributed by atoms with Crippen molar-refractivity contribution in [3.05, 3.63) is 58.7 Å². The molecule has 1 fully saturated rings. The van der Waals surface area contributed by atoms with Gasteiger partial charge in [-0.05, 0) is 87.6 Å². The third-order valence-corrected chi connectivity index (χ3v) is 10.1. The average molecular weight is 670 g/mol. The molecule has 1 aromatic carbocycles. The molecule has 0 radical (unpaired) electrons. The van der Waals surface area contributed by atoms with E-state index in [0.29, 0.717) is 34.1 Å². The maximum absolute atomic E-state index is 12.6. The van der Waals surface area contributed by atoms with E-state index in [1.165, 1.54) is 65.8 Å². The Balaban J connectivity index is 0.859. The first-order valence-electron chi connectivity index (χ1n) is 17.6. The maximum atomic E-state index is 12.6. The van der Waals surface area contributed by atoms with Gasteiger partial charge in [0, 0.05) is 42.1 Å². The van der Waals surface area contributed by atoms with Crippen molar-refractivity contribution in [2.45, 2.75) is 77.0 Å². The number of nitrogens with one attached hydrogen (secondary N) is 4. The lowest BCUT2D eigenvalue weighted by molar-refractivity contribution is -0.115. The minimum Gasteiger partial charge on any atom is -0.476 e. The summed E-state index contributed by atoms with van der Waals surface area (Å²) in [6.07, 6.45) is 15.6. The molecule has 48 heavy (non-hydrogen) atoms. The number of pyridine rings is 2. The molecule has 11 heteroatoms. The van der Waals surface area contributed by atoms with Crippen molar-refractivity contribution in [1.82, 2.24) is 25.6 Å². The fraction of sp³-hybridized carbons (Fsp3) is 0.486. The van der Waals surface area contributed by atoms with Crippen molar-refractivity contribution in [1.29, 1.82) is 0 Å². The number of carbonyl (C=O) groups excluding carboxylic acids is 2. The van der Waals surface area contributed by atoms with Crippen molar-refractivity contribution in [3.8, 4) is 16.5 Å². The van der Waals surface area contributed by atoms with Gasteiger partial charge in [-0.25, -0.2) is 9.97 Å². The van der Waals surface area contributed by atoms with Crippen molar-refractivity contribution < 1.29 is 14.3 Å². The van der Waals surface area contributed by atoms with Crippen LogP contribution in [0, 0.1) is 5.92 Å². The van der Waals surface area contributed by atoms with E-state index in [0.717, 1.165) is 69.1 Å². The second-order valence-corrected chi connectivity index (χ2v) is 13.8. The molecule has 4 N–H and O–H groups in total. The number of fused-ring (bicyclic) bond motifs is 2. The molecule has 2 amide bonds. The quantitative estimate of drug-likeness (QED) is 0.0856. The molecular weight excluding hydrogens is 623 g/mol. The number of ether oxygens (including phenoxy) is 1. The number of carbonyl (C=O) groups is 2. The molecule has 3 aromatic heterocycles. The van der Waals surface area contributed by atoms with Crippen LogP contribution in [0.5, 0.6) is 5.88 Å². The monoisotopic (exact) mass is 669 g/mol. The van der Waals surface area contributed by atoms with Gasteiger partial charge in [0.15, 0.2) is 4.88 Å². The molecular formula is C37H47N7O3S. The van der Waals surface area contributed by atoms with Crippen molar-refractivity contribution >= 4 is 45.6 Å². The van der Waals surface area contributed by atoms with E-state index < -0.39 is 0 Å². The Morgan fingerprint density at radius 2 is 1.75 bits per heavy atom. The Bertz CT molecular complexity index is 1700. The second-order valence-electron chi connectivity index (χ2n) is 12.8. The summed E-state index contributed by atoms with van der Waals surface area (Å²) in [6.45, 7) is 2.59. The number of hydrogen-bond acceptors (Lipinski definition) is 9. The van der Waals surface area contributed by atoms with Crippen molar-refractivity contribution in [3.63, 3.8) is 0 Å². The summed E-state index contributed by atoms with van der Waals surface area (Å²) in [5, 5.41) is 14.5. The number of thiazole rings is 1. The first kappa shape index (κ1) is 33.8. The van der Waals surface area contributed by atoms with Gasteiger partial charge in [0.2, 0.25) is 11.8 Å². The zero-order valence-electron chi connectivity index (χ0n) is 27.9. The highest BCUT2D eigenvalue weighted by Gasteiger charge is 2.25. The normalized spacial score (nSPS) is 14.0. The molecule has 0 unspecified atom stereocenters. The van der Waals surface area contributed by atoms with Gasteiger partial charge in [-0.1, -0.05) is 43.9 Å². The topological polar surface area (TPSA) is 130 Å². The van der Waals surface area contributed by atoms with E-state index in [1.807, 2.05) is 6.07 Å². The van der Waals surface area contributed by atoms with E-state index in [9.17, 15) is 9.59 Å². The fourth-order valence-corrected chi connectivity index (χ4v) is 7.11. The van der Waals surface area contributed by atoms with E-state index in [-0.39, 0.29) is 18.4 Å². The van der Waals surface area contributed by atoms with Gasteiger partial charge in [-0.3, -0.25) is 14.6 Å². The predicted octanol–water partition coefficient (Wildman–Crippen LogP) is 6.76. The van der Waals surface area contributed by atoms with Crippen LogP contribution in [-0.2, 0) is 17.6 Å². The van der Waals surface area contributed by atoms with Gasteiger partial charge in [0.25, 0.3) is 5.91 Å². The third-order valence-electron chi connectivity index (χ3n) is 8.99. The molecule has 1 saturated carbocycles. The molecule has 4 aromatic rings. The zero-order chi connectivity index (χ0) is 33.1. The minimum atomic E-state index is -0.223. The summed E-state index contributed by atoms with van der Waals surface area (Å²) < 4.78 is 5.87. The molecule has 0 aliphatic heterocycles. The van der Waals surface area contributed by atoms with Crippen molar-refractivity contribution in [2.24, 2.45) is 5.92 Å². The van der Waals surface area contributed by atoms with E-state index in [2.05, 4.69) is 55.5 Å². The Morgan fingerprint density at radius 1 is 0.958 bits per heavy atom. The molecule has 3 heterocycles. The Morgan fingerprint density at radius 3 is 2.58 bits per heavy atom. The zero-order valence-corrected chi connectivity index (χ0v) is 28.7. The third kappa shape index (κ3) is 9.08. The van der Waals surface area contributed by atoms with Crippen LogP contribution in [0.2, 0.25) is 0 Å². The van der Waals surface area contributed by atoms with Crippen LogP contribution in [0.1, 0.15) is 85.1 Å². The van der Waals surface area contributed by atoms with Crippen LogP contribution < -0.4 is 26.0 Å². The number of nitrogens with zero attached hydrogens (tertiary/aromatic N) is 3. The van der Waals surface area contributed by atoms with E-state index in [4.69, 9.17) is 9.72 Å². The van der Waals surface area contributed by atoms with Gasteiger partial charge >= 0.3 is 0 Å². The Hall–Kier alpha value is -4.09. The molecule has 0 bridgehead atoms. The van der Waals surface area contributed by atoms with Crippen LogP contribution >= 0.6 is 11.3 Å². The van der Waals surface area contributed by atoms with Crippen LogP contribution in [0.4, 0.5) is 11.5 Å². The highest BCUT2D eigenvalue weighted by molar-refractivity contribution is 7.17. The Kier molecular flexibility index (Phi) is 11.9. The lowest BCUT2D eigenvalue weighted by Crippen LogP contribution is -2.29. The summed E-state index contributed by atoms with van der Waals surface area (Å²) in [7, 11) is 1.59. The maximum Gasteiger partial charge on any atom is 0.266 e. The number of aryl methyl sites for hydroxylation is 1. The van der Waals surface area contributed by atoms with Crippen LogP contribution in [-0.4, -0.2) is 60.1 Å². The number of anilines is 2. The number of rotatable bonds is 18. The van der Waals surface area contributed by atoms with Crippen molar-refractivity contribution in [2.75, 3.05) is 43.9 Å². The standard InChI is InChI=1S/C37H47N7O3S/c1-38-35(46)34-36(47-24-25-16-17-25)44-37(48-34)26-18-21-40-31(22-26)43-32(45)23-39-19-10-4-2-3-5-11-20-41-33-27-12-6-8-14-29(27)42-30-15-9-7-13-28(30)33/h6,8,12,14,18,21-22,25,39H,2-5,7,9-11,13,15-17,19-20,23-24H2,1H3,(H,38,46)(H,41,42)(H,40,43,45). The molecule has 2 aliphatic carbocycles. The summed E-state index contributed by atoms with van der Waals surface area (Å²) in [6, 6.07) is 12.1. The van der Waals surface area contributed by atoms with Gasteiger partial charge in [-0.15, -0.1) is 11.3 Å². The summed E-state index contributed by atoms with van der Waals surface area (Å²) in [5.41, 5.74) is 5.90. The summed E-state index contributed by atoms with van der Waals surface area (Å²) in [4.78, 5) is 39.3. The van der Waals surface area contributed by atoms with E-state index >= 15 is 0 Å². The number of aromatic nitrogens is 3. The van der Waals surface area contributed by atoms with Gasteiger partial charge in [0.1, 0.15) is 10.8 Å². The SMILES string of the molecule is CNC(=O)c1sc(-c2ccnc(NC(=O)CNCCCCCCCCNc3c4c(nc5ccccc35)CCCC4)c2)nc1OCC1CC1. The van der Waals surface area contributed by atoms with Crippen LogP contribution in [0.15, 0.2) is 42.6 Å². The lowest BCUT2D eigenvalue weighted by Gasteiger charge is -2.21. The number of unbranched alkanes of at least 4 members (excludes halogenated alkanes) is 5. The fourth-order valence-electron chi connectivity index (χ4n) is 6.16. The van der Waals surface area contributed by atoms with Gasteiger partial charge in [-0.2, -0.15) is 0 Å². The summed E-state index contributed by atoms with van der Waals surface area (Å²) in [5.74, 6) is 0.987. The molecule has 2 aliphatic rings. The molecule has 0 saturated heterocycles. The van der Waals surface area contributed by atoms with E-state index in [1.54, 1.807) is 19.3 Å². The highest BCUT2D eigenvalue weighted by Crippen LogP contribution is 2.36. The first-order valence-corrected chi connectivity index (χ1v) is 18.4. The average Bonchev–Trinajstić information content (AvgIpc) is 3.85. The number of benzene rings is 1. The first-order chi connectivity index (χ1) is 23.6. The lowest BCUT2D eigenvalue weighted by atomic mass is 9.92. The largest absolute Gasteiger partial charge is 0.476 e. The second kappa shape index (κ2) is 16.8. The van der Waals surface area contributed by atoms with Crippen LogP contribution in [0.3, 0.4) is 0 Å². The highest BCUT2D eigenvalue weighted by atomic mass is 32.1. The van der Waals surface area contributed by atoms with Crippen LogP contribution in [0.25, 0.3) is 21.5 Å². The van der Waals surface area contributed by atoms with Gasteiger partial charge < -0.3 is 26.0 Å². The predicted molar refractivity (Wildman–Crippen MR) is 193 cm³/mol. The number of amides is 2. The molecule has 254 valence electrons. The molecule has 6 rings (SSSR count). The Labute approximate surface area is 286 Å². The summed E-state index contributed by atoms with van der Waals surface area (Å²) >= 11 is 1.27. The molecule has 0 spiro atoms. The minimum absolute atomic E-state index is 0.144. The molecule has 0 atom stereocenters. The smallest absolute Gasteiger partial charge is 0.266 e. The van der Waals surface area contributed by atoms with Gasteiger partial charge in [0.05, 0.1) is 18.7 Å². The molecule has 10 nitrogen and oxygen atoms in total.